The van der Waals surface area contributed by atoms with Crippen molar-refractivity contribution >= 4 is 11.9 Å². The van der Waals surface area contributed by atoms with Crippen molar-refractivity contribution in [2.45, 2.75) is 49.3 Å². The minimum atomic E-state index is -1.74. The van der Waals surface area contributed by atoms with Gasteiger partial charge in [0.2, 0.25) is 6.10 Å². The Hall–Kier alpha value is -2.78. The van der Waals surface area contributed by atoms with Crippen molar-refractivity contribution in [3.63, 3.8) is 0 Å². The largest absolute Gasteiger partial charge is 0.458 e. The summed E-state index contributed by atoms with van der Waals surface area (Å²) < 4.78 is 10.8. The van der Waals surface area contributed by atoms with Crippen LogP contribution in [0, 0.1) is 0 Å². The Kier molecular flexibility index (Phi) is 6.84. The molecule has 0 radical (unpaired) electrons. The van der Waals surface area contributed by atoms with Crippen molar-refractivity contribution in [3.05, 3.63) is 71.8 Å². The van der Waals surface area contributed by atoms with E-state index in [1.807, 2.05) is 18.2 Å². The second-order valence-corrected chi connectivity index (χ2v) is 7.51. The summed E-state index contributed by atoms with van der Waals surface area (Å²) >= 11 is 0. The Balaban J connectivity index is 1.77. The summed E-state index contributed by atoms with van der Waals surface area (Å²) in [5, 5.41) is 19.7. The maximum atomic E-state index is 12.9. The second kappa shape index (κ2) is 9.36. The standard InChI is InChI=1S/C22H26N2O6/c23-18-11-16(25)17(26)12-22(18,24)21(28)30-19(15-9-5-2-6-10-15)20(27)29-13-14-7-3-1-4-8-14/h1-10,16-19,25-26H,11-13,23-24H2. The van der Waals surface area contributed by atoms with Gasteiger partial charge in [-0.3, -0.25) is 0 Å². The number of carbonyl (C=O) groups excluding carboxylic acids is 2. The molecule has 3 rings (SSSR count). The highest BCUT2D eigenvalue weighted by atomic mass is 16.6. The van der Waals surface area contributed by atoms with Crippen LogP contribution in [0.25, 0.3) is 0 Å². The Morgan fingerprint density at radius 3 is 2.27 bits per heavy atom. The fourth-order valence-corrected chi connectivity index (χ4v) is 3.40. The number of benzene rings is 2. The Morgan fingerprint density at radius 1 is 1.03 bits per heavy atom. The van der Waals surface area contributed by atoms with Crippen LogP contribution in [-0.2, 0) is 25.7 Å². The lowest BCUT2D eigenvalue weighted by Crippen LogP contribution is -2.67. The third-order valence-corrected chi connectivity index (χ3v) is 5.29. The van der Waals surface area contributed by atoms with Crippen LogP contribution < -0.4 is 11.5 Å². The molecule has 160 valence electrons. The lowest BCUT2D eigenvalue weighted by atomic mass is 9.76. The van der Waals surface area contributed by atoms with Gasteiger partial charge in [-0.05, 0) is 12.0 Å². The van der Waals surface area contributed by atoms with E-state index >= 15 is 0 Å². The van der Waals surface area contributed by atoms with Gasteiger partial charge >= 0.3 is 11.9 Å². The maximum absolute atomic E-state index is 12.9. The topological polar surface area (TPSA) is 145 Å². The zero-order chi connectivity index (χ0) is 21.7. The highest BCUT2D eigenvalue weighted by molar-refractivity contribution is 5.86. The molecule has 1 aliphatic carbocycles. The Labute approximate surface area is 174 Å². The monoisotopic (exact) mass is 414 g/mol. The first-order valence-electron chi connectivity index (χ1n) is 9.68. The van der Waals surface area contributed by atoms with Crippen molar-refractivity contribution in [1.82, 2.24) is 0 Å². The number of nitrogens with two attached hydrogens (primary N) is 2. The number of aliphatic hydroxyl groups is 2. The molecule has 2 aromatic carbocycles. The molecule has 30 heavy (non-hydrogen) atoms. The normalized spacial score (nSPS) is 27.1. The first kappa shape index (κ1) is 21.9. The Morgan fingerprint density at radius 2 is 1.63 bits per heavy atom. The van der Waals surface area contributed by atoms with E-state index in [0.717, 1.165) is 5.56 Å². The molecular weight excluding hydrogens is 388 g/mol. The maximum Gasteiger partial charge on any atom is 0.352 e. The smallest absolute Gasteiger partial charge is 0.352 e. The molecule has 5 atom stereocenters. The molecule has 0 heterocycles. The van der Waals surface area contributed by atoms with E-state index in [9.17, 15) is 19.8 Å². The third-order valence-electron chi connectivity index (χ3n) is 5.29. The molecule has 0 aliphatic heterocycles. The summed E-state index contributed by atoms with van der Waals surface area (Å²) in [7, 11) is 0. The van der Waals surface area contributed by atoms with E-state index in [1.54, 1.807) is 42.5 Å². The summed E-state index contributed by atoms with van der Waals surface area (Å²) in [6.07, 6.45) is -4.00. The fraction of sp³-hybridized carbons (Fsp3) is 0.364. The molecular formula is C22H26N2O6. The average Bonchev–Trinajstić information content (AvgIpc) is 2.75. The summed E-state index contributed by atoms with van der Waals surface area (Å²) in [5.74, 6) is -1.70. The van der Waals surface area contributed by atoms with Crippen LogP contribution in [0.1, 0.15) is 30.1 Å². The van der Waals surface area contributed by atoms with Crippen LogP contribution in [-0.4, -0.2) is 45.9 Å². The van der Waals surface area contributed by atoms with Crippen LogP contribution in [0.3, 0.4) is 0 Å². The van der Waals surface area contributed by atoms with E-state index in [2.05, 4.69) is 0 Å². The first-order valence-corrected chi connectivity index (χ1v) is 9.68. The number of aliphatic hydroxyl groups excluding tert-OH is 2. The lowest BCUT2D eigenvalue weighted by molar-refractivity contribution is -0.176. The molecule has 0 amide bonds. The van der Waals surface area contributed by atoms with Crippen molar-refractivity contribution in [2.24, 2.45) is 11.5 Å². The van der Waals surface area contributed by atoms with Crippen molar-refractivity contribution in [3.8, 4) is 0 Å². The van der Waals surface area contributed by atoms with Gasteiger partial charge in [-0.15, -0.1) is 0 Å². The van der Waals surface area contributed by atoms with Gasteiger partial charge in [0.05, 0.1) is 12.2 Å². The van der Waals surface area contributed by atoms with Gasteiger partial charge in [-0.2, -0.15) is 0 Å². The van der Waals surface area contributed by atoms with Gasteiger partial charge in [-0.1, -0.05) is 60.7 Å². The average molecular weight is 414 g/mol. The minimum Gasteiger partial charge on any atom is -0.458 e. The predicted octanol–water partition coefficient (Wildman–Crippen LogP) is 0.555. The fourth-order valence-electron chi connectivity index (χ4n) is 3.40. The van der Waals surface area contributed by atoms with E-state index in [0.29, 0.717) is 5.56 Å². The number of hydrogen-bond donors (Lipinski definition) is 4. The number of hydrogen-bond acceptors (Lipinski definition) is 8. The van der Waals surface area contributed by atoms with Gasteiger partial charge in [0.15, 0.2) is 0 Å². The number of esters is 2. The third kappa shape index (κ3) is 4.85. The molecule has 0 spiro atoms. The van der Waals surface area contributed by atoms with Crippen molar-refractivity contribution in [1.29, 1.82) is 0 Å². The highest BCUT2D eigenvalue weighted by Gasteiger charge is 2.50. The van der Waals surface area contributed by atoms with Crippen LogP contribution in [0.15, 0.2) is 60.7 Å². The summed E-state index contributed by atoms with van der Waals surface area (Å²) in [5.41, 5.74) is 11.6. The minimum absolute atomic E-state index is 0.0126. The predicted molar refractivity (Wildman–Crippen MR) is 108 cm³/mol. The zero-order valence-electron chi connectivity index (χ0n) is 16.4. The molecule has 8 heteroatoms. The van der Waals surface area contributed by atoms with Gasteiger partial charge in [-0.25, -0.2) is 9.59 Å². The van der Waals surface area contributed by atoms with Crippen LogP contribution >= 0.6 is 0 Å². The van der Waals surface area contributed by atoms with Crippen molar-refractivity contribution < 1.29 is 29.3 Å². The van der Waals surface area contributed by atoms with Gasteiger partial charge in [0, 0.05) is 18.0 Å². The van der Waals surface area contributed by atoms with E-state index in [1.165, 1.54) is 0 Å². The van der Waals surface area contributed by atoms with Crippen LogP contribution in [0.4, 0.5) is 0 Å². The molecule has 2 aromatic rings. The van der Waals surface area contributed by atoms with Gasteiger partial charge in [0.25, 0.3) is 0 Å². The highest BCUT2D eigenvalue weighted by Crippen LogP contribution is 2.30. The molecule has 8 nitrogen and oxygen atoms in total. The Bertz CT molecular complexity index is 862. The molecule has 0 saturated heterocycles. The molecule has 1 aliphatic rings. The van der Waals surface area contributed by atoms with E-state index in [4.69, 9.17) is 20.9 Å². The van der Waals surface area contributed by atoms with Crippen molar-refractivity contribution in [2.75, 3.05) is 0 Å². The van der Waals surface area contributed by atoms with E-state index < -0.39 is 41.8 Å². The van der Waals surface area contributed by atoms with Gasteiger partial charge < -0.3 is 31.2 Å². The molecule has 5 unspecified atom stereocenters. The quantitative estimate of drug-likeness (QED) is 0.502. The number of ether oxygens (including phenoxy) is 2. The summed E-state index contributed by atoms with van der Waals surface area (Å²) in [6.45, 7) is 0.0126. The first-order chi connectivity index (χ1) is 14.3. The zero-order valence-corrected chi connectivity index (χ0v) is 16.4. The lowest BCUT2D eigenvalue weighted by Gasteiger charge is -2.41. The SMILES string of the molecule is NC1CC(O)C(O)CC1(N)C(=O)OC(C(=O)OCc1ccccc1)c1ccccc1. The molecule has 0 aromatic heterocycles. The number of rotatable bonds is 6. The van der Waals surface area contributed by atoms with E-state index in [-0.39, 0.29) is 19.4 Å². The second-order valence-electron chi connectivity index (χ2n) is 7.51. The van der Waals surface area contributed by atoms with Gasteiger partial charge in [0.1, 0.15) is 12.1 Å². The number of carbonyl (C=O) groups is 2. The van der Waals surface area contributed by atoms with Crippen LogP contribution in [0.5, 0.6) is 0 Å². The summed E-state index contributed by atoms with van der Waals surface area (Å²) in [4.78, 5) is 25.7. The molecule has 0 bridgehead atoms. The summed E-state index contributed by atoms with van der Waals surface area (Å²) in [6, 6.07) is 16.6. The molecule has 1 fully saturated rings. The van der Waals surface area contributed by atoms with Crippen LogP contribution in [0.2, 0.25) is 0 Å². The molecule has 1 saturated carbocycles. The molecule has 6 N–H and O–H groups in total.